The maximum absolute atomic E-state index is 14.6. The standard InChI is InChI=1S/C24H26F5N3O4.C24H26F5N3O3.2H2/c25-17-9-15(10-18(26)21(17)35-16-7-13-6-14(13)8-16)30-22(33)20-19(11-24(27,28)29)36-23(31-20)32-4-2-1-3-5-34-12-32;1-23(2)4-3-5-32(23)22-31-19(18(35-22)11-24(27,28)29)21(33)30-14-9-16(25)20(17(26)10-14)34-15-7-12-6-13(12)8-15;;/h9-10,13-14,16H,1-8,11-12H2,(H,30,33);9-10,12-13,15H,3-8,11H2,1-2H3,(H,30,33);2*1H. The van der Waals surface area contributed by atoms with E-state index in [1.165, 1.54) is 4.90 Å². The number of nitrogens with zero attached hydrogens (tertiary/aromatic N) is 4. The molecule has 4 heterocycles. The second kappa shape index (κ2) is 19.7. The third kappa shape index (κ3) is 12.1. The molecule has 2 aliphatic heterocycles. The van der Waals surface area contributed by atoms with Crippen molar-refractivity contribution in [3.8, 4) is 11.5 Å². The maximum atomic E-state index is 14.6. The lowest BCUT2D eigenvalue weighted by Gasteiger charge is -2.29. The van der Waals surface area contributed by atoms with E-state index in [1.807, 2.05) is 13.8 Å². The van der Waals surface area contributed by atoms with Crippen molar-refractivity contribution in [3.05, 3.63) is 70.4 Å². The lowest BCUT2D eigenvalue weighted by molar-refractivity contribution is -0.131. The fourth-order valence-electron chi connectivity index (χ4n) is 10.1. The molecule has 4 saturated carbocycles. The molecule has 4 aliphatic carbocycles. The van der Waals surface area contributed by atoms with Gasteiger partial charge in [-0.1, -0.05) is 0 Å². The molecule has 4 atom stereocenters. The predicted octanol–water partition coefficient (Wildman–Crippen LogP) is 11.8. The van der Waals surface area contributed by atoms with Gasteiger partial charge < -0.3 is 43.5 Å². The first-order chi connectivity index (χ1) is 33.6. The molecule has 23 heteroatoms. The Morgan fingerprint density at radius 3 is 1.55 bits per heavy atom. The van der Waals surface area contributed by atoms with Crippen molar-refractivity contribution in [3.63, 3.8) is 0 Å². The average molecular weight is 1020 g/mol. The summed E-state index contributed by atoms with van der Waals surface area (Å²) in [6.45, 7) is 5.27. The number of rotatable bonds is 12. The summed E-state index contributed by atoms with van der Waals surface area (Å²) in [6, 6.07) is 3.20. The highest BCUT2D eigenvalue weighted by Crippen LogP contribution is 2.54. The number of hydrogen-bond acceptors (Lipinski definition) is 11. The van der Waals surface area contributed by atoms with Crippen LogP contribution in [0, 0.1) is 46.9 Å². The normalized spacial score (nSPS) is 24.6. The first-order valence-corrected chi connectivity index (χ1v) is 23.7. The van der Waals surface area contributed by atoms with Crippen molar-refractivity contribution in [1.82, 2.24) is 9.97 Å². The number of fused-ring (bicyclic) bond motifs is 2. The zero-order chi connectivity index (χ0) is 50.6. The average Bonchev–Trinajstić information content (AvgIpc) is 3.71. The molecule has 0 bridgehead atoms. The second-order valence-corrected chi connectivity index (χ2v) is 19.9. The molecule has 2 aromatic heterocycles. The summed E-state index contributed by atoms with van der Waals surface area (Å²) < 4.78 is 165. The van der Waals surface area contributed by atoms with Gasteiger partial charge in [-0.05, 0) is 108 Å². The van der Waals surface area contributed by atoms with Crippen LogP contribution in [0.1, 0.15) is 120 Å². The number of carbonyl (C=O) groups is 2. The van der Waals surface area contributed by atoms with E-state index in [1.54, 1.807) is 4.90 Å². The molecule has 2 saturated heterocycles. The lowest BCUT2D eigenvalue weighted by atomic mass is 10.0. The van der Waals surface area contributed by atoms with Gasteiger partial charge in [0.2, 0.25) is 0 Å². The van der Waals surface area contributed by atoms with Crippen LogP contribution >= 0.6 is 0 Å². The molecule has 71 heavy (non-hydrogen) atoms. The number of oxazole rings is 2. The highest BCUT2D eigenvalue weighted by molar-refractivity contribution is 6.04. The van der Waals surface area contributed by atoms with Gasteiger partial charge in [-0.3, -0.25) is 9.59 Å². The Bertz CT molecular complexity index is 2560. The summed E-state index contributed by atoms with van der Waals surface area (Å²) in [5.41, 5.74) is -2.15. The molecule has 4 aromatic rings. The first-order valence-electron chi connectivity index (χ1n) is 23.7. The number of aromatic nitrogens is 2. The quantitative estimate of drug-likeness (QED) is 0.131. The van der Waals surface area contributed by atoms with Gasteiger partial charge in [0.15, 0.2) is 46.2 Å². The number of carbonyl (C=O) groups excluding carboxylic acids is 2. The largest absolute Gasteiger partial charge is 0.484 e. The van der Waals surface area contributed by atoms with Crippen molar-refractivity contribution in [2.75, 3.05) is 46.9 Å². The summed E-state index contributed by atoms with van der Waals surface area (Å²) in [7, 11) is 0. The van der Waals surface area contributed by atoms with Crippen LogP contribution in [0.25, 0.3) is 0 Å². The predicted molar refractivity (Wildman–Crippen MR) is 239 cm³/mol. The van der Waals surface area contributed by atoms with E-state index in [9.17, 15) is 53.5 Å². The number of amides is 2. The van der Waals surface area contributed by atoms with E-state index in [0.29, 0.717) is 43.4 Å². The Hall–Kier alpha value is -5.74. The van der Waals surface area contributed by atoms with Gasteiger partial charge in [0.05, 0.1) is 12.2 Å². The molecule has 6 fully saturated rings. The SMILES string of the molecule is CC1(C)CCCN1c1nc(C(=O)Nc2cc(F)c(OC3CC4CC4C3)c(F)c2)c(CC(F)(F)F)o1.O=C(Nc1cc(F)c(OC2CC3CC3C2)c(F)c1)c1nc(N2CCCCCOC2)oc1CC(F)(F)F.[HH].[HH]. The van der Waals surface area contributed by atoms with Crippen LogP contribution in [0.4, 0.5) is 67.3 Å². The third-order valence-electron chi connectivity index (χ3n) is 13.9. The minimum absolute atomic E-state index is 0. The van der Waals surface area contributed by atoms with Crippen molar-refractivity contribution in [1.29, 1.82) is 0 Å². The second-order valence-electron chi connectivity index (χ2n) is 19.9. The van der Waals surface area contributed by atoms with Gasteiger partial charge in [-0.25, -0.2) is 17.6 Å². The van der Waals surface area contributed by atoms with Crippen LogP contribution in [0.15, 0.2) is 33.1 Å². The summed E-state index contributed by atoms with van der Waals surface area (Å²) in [6.07, 6.45) is -3.55. The van der Waals surface area contributed by atoms with Gasteiger partial charge in [0.1, 0.15) is 31.1 Å². The fourth-order valence-corrected chi connectivity index (χ4v) is 10.1. The van der Waals surface area contributed by atoms with Crippen LogP contribution < -0.4 is 29.9 Å². The highest BCUT2D eigenvalue weighted by atomic mass is 19.4. The lowest BCUT2D eigenvalue weighted by Crippen LogP contribution is -2.38. The number of anilines is 4. The van der Waals surface area contributed by atoms with E-state index in [2.05, 4.69) is 20.6 Å². The Labute approximate surface area is 403 Å². The van der Waals surface area contributed by atoms with Crippen LogP contribution in [-0.2, 0) is 17.6 Å². The Morgan fingerprint density at radius 2 is 1.11 bits per heavy atom. The molecule has 0 spiro atoms. The topological polar surface area (TPSA) is 144 Å². The van der Waals surface area contributed by atoms with Crippen LogP contribution in [-0.4, -0.2) is 78.3 Å². The maximum Gasteiger partial charge on any atom is 0.396 e. The molecular formula is C48H56F10N6O7. The Morgan fingerprint density at radius 1 is 0.662 bits per heavy atom. The van der Waals surface area contributed by atoms with Crippen LogP contribution in [0.5, 0.6) is 11.5 Å². The molecule has 13 nitrogen and oxygen atoms in total. The Balaban J connectivity index is 0.000000208. The number of nitrogens with one attached hydrogen (secondary N) is 2. The van der Waals surface area contributed by atoms with Crippen molar-refractivity contribution >= 4 is 35.2 Å². The number of hydrogen-bond donors (Lipinski definition) is 2. The van der Waals surface area contributed by atoms with E-state index < -0.39 is 100 Å². The van der Waals surface area contributed by atoms with Crippen LogP contribution in [0.3, 0.4) is 0 Å². The molecule has 6 aliphatic rings. The molecular weight excluding hydrogens is 963 g/mol. The van der Waals surface area contributed by atoms with Gasteiger partial charge >= 0.3 is 12.4 Å². The van der Waals surface area contributed by atoms with E-state index in [4.69, 9.17) is 23.0 Å². The molecule has 0 radical (unpaired) electrons. The summed E-state index contributed by atoms with van der Waals surface area (Å²) in [5.74, 6) is -6.34. The van der Waals surface area contributed by atoms with Crippen molar-refractivity contribution < 1.29 is 79.4 Å². The van der Waals surface area contributed by atoms with Crippen molar-refractivity contribution in [2.24, 2.45) is 23.7 Å². The van der Waals surface area contributed by atoms with Crippen LogP contribution in [0.2, 0.25) is 0 Å². The Kier molecular flexibility index (Phi) is 13.9. The molecule has 10 rings (SSSR count). The minimum atomic E-state index is -4.67. The molecule has 4 unspecified atom stereocenters. The first kappa shape index (κ1) is 50.2. The van der Waals surface area contributed by atoms with E-state index in [0.717, 1.165) is 94.9 Å². The fraction of sp³-hybridized carbons (Fsp3) is 0.583. The highest BCUT2D eigenvalue weighted by Gasteiger charge is 2.48. The minimum Gasteiger partial charge on any atom is -0.484 e. The third-order valence-corrected chi connectivity index (χ3v) is 13.9. The van der Waals surface area contributed by atoms with Gasteiger partial charge in [-0.15, -0.1) is 0 Å². The van der Waals surface area contributed by atoms with E-state index >= 15 is 0 Å². The zero-order valence-electron chi connectivity index (χ0n) is 38.7. The van der Waals surface area contributed by atoms with E-state index in [-0.39, 0.29) is 45.2 Å². The molecule has 390 valence electrons. The summed E-state index contributed by atoms with van der Waals surface area (Å²) in [4.78, 5) is 36.9. The van der Waals surface area contributed by atoms with Crippen molar-refractivity contribution in [2.45, 2.75) is 127 Å². The molecule has 2 aromatic carbocycles. The van der Waals surface area contributed by atoms with Gasteiger partial charge in [0, 0.05) is 63.7 Å². The number of ether oxygens (including phenoxy) is 3. The zero-order valence-corrected chi connectivity index (χ0v) is 38.7. The van der Waals surface area contributed by atoms with Gasteiger partial charge in [-0.2, -0.15) is 36.3 Å². The monoisotopic (exact) mass is 1020 g/mol. The summed E-state index contributed by atoms with van der Waals surface area (Å²) in [5, 5.41) is 4.47. The smallest absolute Gasteiger partial charge is 0.396 e. The van der Waals surface area contributed by atoms with Gasteiger partial charge in [0.25, 0.3) is 23.8 Å². The number of halogens is 10. The molecule has 2 amide bonds. The molecule has 2 N–H and O–H groups in total. The number of benzene rings is 2. The summed E-state index contributed by atoms with van der Waals surface area (Å²) >= 11 is 0. The number of alkyl halides is 6.